The number of carbonyl (C=O) groups excluding carboxylic acids is 3. The number of aliphatic hydroxyl groups is 1. The van der Waals surface area contributed by atoms with Crippen molar-refractivity contribution in [2.45, 2.75) is 32.5 Å². The molecule has 0 aliphatic rings. The topological polar surface area (TPSA) is 145 Å². The van der Waals surface area contributed by atoms with Gasteiger partial charge >= 0.3 is 5.97 Å². The van der Waals surface area contributed by atoms with Gasteiger partial charge in [-0.1, -0.05) is 18.2 Å². The van der Waals surface area contributed by atoms with Gasteiger partial charge in [0.1, 0.15) is 18.7 Å². The SMILES string of the molecule is C[C@H](NC(=O)[C@H](C)NC(=O)c1ccccc1CNC(=O)CO)C(=O)O. The molecule has 0 unspecified atom stereocenters. The van der Waals surface area contributed by atoms with E-state index < -0.39 is 42.4 Å². The number of amides is 3. The van der Waals surface area contributed by atoms with Crippen LogP contribution in [0.3, 0.4) is 0 Å². The van der Waals surface area contributed by atoms with Crippen molar-refractivity contribution in [2.75, 3.05) is 6.61 Å². The molecule has 0 radical (unpaired) electrons. The molecule has 25 heavy (non-hydrogen) atoms. The Kier molecular flexibility index (Phi) is 7.54. The molecule has 1 aromatic carbocycles. The van der Waals surface area contributed by atoms with Crippen molar-refractivity contribution in [3.8, 4) is 0 Å². The lowest BCUT2D eigenvalue weighted by atomic mass is 10.1. The van der Waals surface area contributed by atoms with Crippen LogP contribution < -0.4 is 16.0 Å². The van der Waals surface area contributed by atoms with Gasteiger partial charge in [-0.2, -0.15) is 0 Å². The van der Waals surface area contributed by atoms with Crippen molar-refractivity contribution in [3.63, 3.8) is 0 Å². The highest BCUT2D eigenvalue weighted by atomic mass is 16.4. The molecule has 3 amide bonds. The van der Waals surface area contributed by atoms with E-state index in [0.717, 1.165) is 0 Å². The van der Waals surface area contributed by atoms with Crippen LogP contribution in [0.15, 0.2) is 24.3 Å². The molecule has 9 nitrogen and oxygen atoms in total. The van der Waals surface area contributed by atoms with Gasteiger partial charge in [-0.05, 0) is 25.5 Å². The average Bonchev–Trinajstić information content (AvgIpc) is 2.59. The Morgan fingerprint density at radius 1 is 1.04 bits per heavy atom. The van der Waals surface area contributed by atoms with Crippen LogP contribution in [0.2, 0.25) is 0 Å². The maximum atomic E-state index is 12.3. The summed E-state index contributed by atoms with van der Waals surface area (Å²) in [5.74, 6) is -2.93. The van der Waals surface area contributed by atoms with Crippen LogP contribution in [0.1, 0.15) is 29.8 Å². The first-order chi connectivity index (χ1) is 11.8. The van der Waals surface area contributed by atoms with Crippen LogP contribution in [-0.2, 0) is 20.9 Å². The van der Waals surface area contributed by atoms with Gasteiger partial charge in [-0.15, -0.1) is 0 Å². The third-order valence-electron chi connectivity index (χ3n) is 3.35. The zero-order valence-electron chi connectivity index (χ0n) is 13.9. The predicted molar refractivity (Wildman–Crippen MR) is 87.5 cm³/mol. The van der Waals surface area contributed by atoms with Gasteiger partial charge in [-0.25, -0.2) is 0 Å². The molecule has 1 aromatic rings. The number of carboxylic acid groups (broad SMARTS) is 1. The lowest BCUT2D eigenvalue weighted by Gasteiger charge is -2.17. The lowest BCUT2D eigenvalue weighted by Crippen LogP contribution is -2.49. The molecule has 136 valence electrons. The molecule has 0 bridgehead atoms. The number of hydrogen-bond acceptors (Lipinski definition) is 5. The standard InChI is InChI=1S/C16H21N3O6/c1-9(14(22)19-10(2)16(24)25)18-15(23)12-6-4-3-5-11(12)7-17-13(21)8-20/h3-6,9-10,20H,7-8H2,1-2H3,(H,17,21)(H,18,23)(H,19,22)(H,24,25)/t9-,10-/m0/s1. The average molecular weight is 351 g/mol. The Bertz CT molecular complexity index is 661. The minimum Gasteiger partial charge on any atom is -0.480 e. The molecule has 0 aromatic heterocycles. The normalized spacial score (nSPS) is 12.6. The molecule has 0 heterocycles. The minimum absolute atomic E-state index is 0.0413. The molecular formula is C16H21N3O6. The summed E-state index contributed by atoms with van der Waals surface area (Å²) in [6, 6.07) is 4.44. The Morgan fingerprint density at radius 3 is 2.28 bits per heavy atom. The van der Waals surface area contributed by atoms with E-state index in [1.165, 1.54) is 19.9 Å². The molecule has 1 rings (SSSR count). The number of carbonyl (C=O) groups is 4. The summed E-state index contributed by atoms with van der Waals surface area (Å²) in [5, 5.41) is 24.7. The monoisotopic (exact) mass is 351 g/mol. The fourth-order valence-electron chi connectivity index (χ4n) is 1.89. The van der Waals surface area contributed by atoms with Gasteiger partial charge in [0, 0.05) is 12.1 Å². The van der Waals surface area contributed by atoms with Crippen molar-refractivity contribution in [1.29, 1.82) is 0 Å². The molecular weight excluding hydrogens is 330 g/mol. The van der Waals surface area contributed by atoms with Crippen LogP contribution in [0.4, 0.5) is 0 Å². The summed E-state index contributed by atoms with van der Waals surface area (Å²) < 4.78 is 0. The Hall–Kier alpha value is -2.94. The zero-order chi connectivity index (χ0) is 19.0. The number of nitrogens with one attached hydrogen (secondary N) is 3. The number of carboxylic acids is 1. The van der Waals surface area contributed by atoms with Crippen molar-refractivity contribution in [2.24, 2.45) is 0 Å². The Labute approximate surface area is 144 Å². The maximum absolute atomic E-state index is 12.3. The molecule has 0 fully saturated rings. The summed E-state index contributed by atoms with van der Waals surface area (Å²) in [5.41, 5.74) is 0.764. The number of hydrogen-bond donors (Lipinski definition) is 5. The molecule has 0 saturated carbocycles. The summed E-state index contributed by atoms with van der Waals surface area (Å²) >= 11 is 0. The fraction of sp³-hybridized carbons (Fsp3) is 0.375. The van der Waals surface area contributed by atoms with Crippen LogP contribution in [-0.4, -0.2) is 52.6 Å². The summed E-state index contributed by atoms with van der Waals surface area (Å²) in [6.07, 6.45) is 0. The summed E-state index contributed by atoms with van der Waals surface area (Å²) in [6.45, 7) is 2.12. The highest BCUT2D eigenvalue weighted by molar-refractivity contribution is 5.99. The number of aliphatic hydroxyl groups excluding tert-OH is 1. The third-order valence-corrected chi connectivity index (χ3v) is 3.35. The number of benzene rings is 1. The molecule has 0 aliphatic heterocycles. The molecule has 2 atom stereocenters. The highest BCUT2D eigenvalue weighted by Gasteiger charge is 2.21. The van der Waals surface area contributed by atoms with E-state index in [4.69, 9.17) is 10.2 Å². The van der Waals surface area contributed by atoms with Crippen LogP contribution >= 0.6 is 0 Å². The number of aliphatic carboxylic acids is 1. The fourth-order valence-corrected chi connectivity index (χ4v) is 1.89. The Morgan fingerprint density at radius 2 is 1.68 bits per heavy atom. The Balaban J connectivity index is 2.75. The molecule has 9 heteroatoms. The van der Waals surface area contributed by atoms with E-state index >= 15 is 0 Å². The van der Waals surface area contributed by atoms with Gasteiger partial charge in [0.2, 0.25) is 11.8 Å². The first-order valence-corrected chi connectivity index (χ1v) is 7.55. The van der Waals surface area contributed by atoms with E-state index in [2.05, 4.69) is 16.0 Å². The van der Waals surface area contributed by atoms with Gasteiger partial charge in [-0.3, -0.25) is 19.2 Å². The lowest BCUT2D eigenvalue weighted by molar-refractivity contribution is -0.141. The molecule has 5 N–H and O–H groups in total. The molecule has 0 aliphatic carbocycles. The molecule has 0 saturated heterocycles. The first-order valence-electron chi connectivity index (χ1n) is 7.55. The molecule has 0 spiro atoms. The predicted octanol–water partition coefficient (Wildman–Crippen LogP) is -0.997. The number of rotatable bonds is 8. The van der Waals surface area contributed by atoms with E-state index in [1.54, 1.807) is 18.2 Å². The minimum atomic E-state index is -1.18. The van der Waals surface area contributed by atoms with Crippen molar-refractivity contribution in [3.05, 3.63) is 35.4 Å². The second-order valence-electron chi connectivity index (χ2n) is 5.36. The van der Waals surface area contributed by atoms with E-state index in [1.807, 2.05) is 0 Å². The second kappa shape index (κ2) is 9.38. The first kappa shape index (κ1) is 20.1. The van der Waals surface area contributed by atoms with E-state index in [0.29, 0.717) is 5.56 Å². The third kappa shape index (κ3) is 6.22. The van der Waals surface area contributed by atoms with Crippen LogP contribution in [0, 0.1) is 0 Å². The quantitative estimate of drug-likeness (QED) is 0.406. The van der Waals surface area contributed by atoms with Gasteiger partial charge < -0.3 is 26.2 Å². The van der Waals surface area contributed by atoms with Crippen molar-refractivity contribution in [1.82, 2.24) is 16.0 Å². The maximum Gasteiger partial charge on any atom is 0.325 e. The van der Waals surface area contributed by atoms with Crippen LogP contribution in [0.25, 0.3) is 0 Å². The summed E-state index contributed by atoms with van der Waals surface area (Å²) in [4.78, 5) is 46.1. The van der Waals surface area contributed by atoms with Gasteiger partial charge in [0.05, 0.1) is 0 Å². The second-order valence-corrected chi connectivity index (χ2v) is 5.36. The summed E-state index contributed by atoms with van der Waals surface area (Å²) in [7, 11) is 0. The highest BCUT2D eigenvalue weighted by Crippen LogP contribution is 2.09. The van der Waals surface area contributed by atoms with Crippen molar-refractivity contribution >= 4 is 23.7 Å². The largest absolute Gasteiger partial charge is 0.480 e. The zero-order valence-corrected chi connectivity index (χ0v) is 13.9. The van der Waals surface area contributed by atoms with E-state index in [-0.39, 0.29) is 12.1 Å². The van der Waals surface area contributed by atoms with E-state index in [9.17, 15) is 19.2 Å². The van der Waals surface area contributed by atoms with Gasteiger partial charge in [0.25, 0.3) is 5.91 Å². The van der Waals surface area contributed by atoms with Crippen LogP contribution in [0.5, 0.6) is 0 Å². The van der Waals surface area contributed by atoms with Gasteiger partial charge in [0.15, 0.2) is 0 Å². The van der Waals surface area contributed by atoms with Crippen molar-refractivity contribution < 1.29 is 29.4 Å². The smallest absolute Gasteiger partial charge is 0.325 e.